The maximum Gasteiger partial charge on any atom is 0.196 e. The van der Waals surface area contributed by atoms with Gasteiger partial charge in [-0.05, 0) is 31.2 Å². The van der Waals surface area contributed by atoms with Gasteiger partial charge < -0.3 is 9.73 Å². The highest BCUT2D eigenvalue weighted by atomic mass is 79.9. The number of halogens is 2. The summed E-state index contributed by atoms with van der Waals surface area (Å²) in [6, 6.07) is 4.50. The van der Waals surface area contributed by atoms with E-state index in [9.17, 15) is 4.39 Å². The van der Waals surface area contributed by atoms with Gasteiger partial charge in [0.15, 0.2) is 11.7 Å². The number of nitrogens with zero attached hydrogens (tertiary/aromatic N) is 1. The van der Waals surface area contributed by atoms with Gasteiger partial charge in [0, 0.05) is 23.0 Å². The molecule has 3 nitrogen and oxygen atoms in total. The van der Waals surface area contributed by atoms with E-state index in [1.807, 2.05) is 0 Å². The van der Waals surface area contributed by atoms with Crippen molar-refractivity contribution in [2.75, 3.05) is 13.1 Å². The Kier molecular flexibility index (Phi) is 5.10. The SMILES string of the molecule is CCCNCCc1ncc(-c2cc(F)ccc2Br)o1. The molecule has 0 aliphatic heterocycles. The van der Waals surface area contributed by atoms with Crippen LogP contribution >= 0.6 is 15.9 Å². The van der Waals surface area contributed by atoms with Crippen molar-refractivity contribution in [2.24, 2.45) is 0 Å². The van der Waals surface area contributed by atoms with Gasteiger partial charge in [-0.3, -0.25) is 0 Å². The van der Waals surface area contributed by atoms with Crippen LogP contribution < -0.4 is 5.32 Å². The van der Waals surface area contributed by atoms with Crippen LogP contribution in [0, 0.1) is 5.82 Å². The van der Waals surface area contributed by atoms with Gasteiger partial charge in [-0.25, -0.2) is 9.37 Å². The molecular weight excluding hydrogens is 311 g/mol. The quantitative estimate of drug-likeness (QED) is 0.821. The molecule has 0 saturated carbocycles. The van der Waals surface area contributed by atoms with Crippen molar-refractivity contribution in [3.63, 3.8) is 0 Å². The molecule has 1 aromatic carbocycles. The molecule has 1 N–H and O–H groups in total. The Morgan fingerprint density at radius 3 is 3.00 bits per heavy atom. The van der Waals surface area contributed by atoms with E-state index < -0.39 is 0 Å². The minimum absolute atomic E-state index is 0.291. The molecule has 1 aromatic heterocycles. The summed E-state index contributed by atoms with van der Waals surface area (Å²) in [5.74, 6) is 0.951. The molecule has 0 fully saturated rings. The first kappa shape index (κ1) is 14.2. The number of hydrogen-bond acceptors (Lipinski definition) is 3. The summed E-state index contributed by atoms with van der Waals surface area (Å²) in [5, 5.41) is 3.28. The van der Waals surface area contributed by atoms with Crippen LogP contribution in [0.15, 0.2) is 33.3 Å². The normalized spacial score (nSPS) is 10.9. The Hall–Kier alpha value is -1.20. The fourth-order valence-electron chi connectivity index (χ4n) is 1.73. The highest BCUT2D eigenvalue weighted by Crippen LogP contribution is 2.29. The predicted molar refractivity (Wildman–Crippen MR) is 76.5 cm³/mol. The van der Waals surface area contributed by atoms with Gasteiger partial charge >= 0.3 is 0 Å². The van der Waals surface area contributed by atoms with Crippen LogP contribution in [0.4, 0.5) is 4.39 Å². The van der Waals surface area contributed by atoms with E-state index in [2.05, 4.69) is 33.2 Å². The smallest absolute Gasteiger partial charge is 0.196 e. The standard InChI is InChI=1S/C14H16BrFN2O/c1-2-6-17-7-5-14-18-9-13(19-14)11-8-10(16)3-4-12(11)15/h3-4,8-9,17H,2,5-7H2,1H3. The molecule has 0 bridgehead atoms. The van der Waals surface area contributed by atoms with E-state index in [1.54, 1.807) is 12.3 Å². The minimum atomic E-state index is -0.291. The molecule has 0 amide bonds. The molecule has 0 radical (unpaired) electrons. The first-order valence-electron chi connectivity index (χ1n) is 6.31. The van der Waals surface area contributed by atoms with Crippen LogP contribution in [0.3, 0.4) is 0 Å². The van der Waals surface area contributed by atoms with Crippen LogP contribution in [0.1, 0.15) is 19.2 Å². The lowest BCUT2D eigenvalue weighted by molar-refractivity contribution is 0.494. The Balaban J connectivity index is 2.06. The highest BCUT2D eigenvalue weighted by Gasteiger charge is 2.10. The second-order valence-corrected chi connectivity index (χ2v) is 5.10. The van der Waals surface area contributed by atoms with E-state index in [4.69, 9.17) is 4.42 Å². The van der Waals surface area contributed by atoms with Crippen LogP contribution in [0.2, 0.25) is 0 Å². The van der Waals surface area contributed by atoms with Crippen molar-refractivity contribution >= 4 is 15.9 Å². The van der Waals surface area contributed by atoms with Crippen molar-refractivity contribution in [3.8, 4) is 11.3 Å². The van der Waals surface area contributed by atoms with Gasteiger partial charge in [-0.2, -0.15) is 0 Å². The number of aromatic nitrogens is 1. The molecule has 0 atom stereocenters. The van der Waals surface area contributed by atoms with Gasteiger partial charge in [-0.1, -0.05) is 22.9 Å². The third-order valence-electron chi connectivity index (χ3n) is 2.69. The largest absolute Gasteiger partial charge is 0.441 e. The lowest BCUT2D eigenvalue weighted by Crippen LogP contribution is -2.17. The zero-order valence-electron chi connectivity index (χ0n) is 10.7. The number of oxazole rings is 1. The Morgan fingerprint density at radius 1 is 1.37 bits per heavy atom. The lowest BCUT2D eigenvalue weighted by atomic mass is 10.2. The van der Waals surface area contributed by atoms with Crippen LogP contribution in [0.25, 0.3) is 11.3 Å². The molecule has 0 spiro atoms. The average molecular weight is 327 g/mol. The monoisotopic (exact) mass is 326 g/mol. The minimum Gasteiger partial charge on any atom is -0.441 e. The first-order chi connectivity index (χ1) is 9.20. The summed E-state index contributed by atoms with van der Waals surface area (Å²) in [6.07, 6.45) is 3.47. The summed E-state index contributed by atoms with van der Waals surface area (Å²) in [7, 11) is 0. The summed E-state index contributed by atoms with van der Waals surface area (Å²) in [5.41, 5.74) is 0.681. The summed E-state index contributed by atoms with van der Waals surface area (Å²) in [4.78, 5) is 4.21. The van der Waals surface area contributed by atoms with Gasteiger partial charge in [0.25, 0.3) is 0 Å². The van der Waals surface area contributed by atoms with Gasteiger partial charge in [-0.15, -0.1) is 0 Å². The summed E-state index contributed by atoms with van der Waals surface area (Å²) in [6.45, 7) is 3.94. The third-order valence-corrected chi connectivity index (χ3v) is 3.38. The van der Waals surface area contributed by atoms with Gasteiger partial charge in [0.05, 0.1) is 6.20 Å². The Morgan fingerprint density at radius 2 is 2.21 bits per heavy atom. The summed E-state index contributed by atoms with van der Waals surface area (Å²) < 4.78 is 19.7. The first-order valence-corrected chi connectivity index (χ1v) is 7.11. The van der Waals surface area contributed by atoms with Gasteiger partial charge in [0.1, 0.15) is 5.82 Å². The van der Waals surface area contributed by atoms with E-state index in [1.165, 1.54) is 12.1 Å². The van der Waals surface area contributed by atoms with E-state index in [-0.39, 0.29) is 5.82 Å². The fraction of sp³-hybridized carbons (Fsp3) is 0.357. The van der Waals surface area contributed by atoms with Crippen molar-refractivity contribution in [3.05, 3.63) is 40.6 Å². The second kappa shape index (κ2) is 6.82. The fourth-order valence-corrected chi connectivity index (χ4v) is 2.18. The van der Waals surface area contributed by atoms with Gasteiger partial charge in [0.2, 0.25) is 0 Å². The van der Waals surface area contributed by atoms with Crippen molar-refractivity contribution in [1.82, 2.24) is 10.3 Å². The molecular formula is C14H16BrFN2O. The third kappa shape index (κ3) is 3.88. The maximum absolute atomic E-state index is 13.2. The van der Waals surface area contributed by atoms with E-state index in [0.29, 0.717) is 17.2 Å². The van der Waals surface area contributed by atoms with Crippen LogP contribution in [-0.4, -0.2) is 18.1 Å². The molecule has 1 heterocycles. The number of nitrogens with one attached hydrogen (secondary N) is 1. The van der Waals surface area contributed by atoms with Crippen LogP contribution in [-0.2, 0) is 6.42 Å². The van der Waals surface area contributed by atoms with E-state index in [0.717, 1.165) is 30.4 Å². The number of benzene rings is 1. The van der Waals surface area contributed by atoms with Crippen LogP contribution in [0.5, 0.6) is 0 Å². The maximum atomic E-state index is 13.2. The molecule has 2 rings (SSSR count). The zero-order chi connectivity index (χ0) is 13.7. The molecule has 5 heteroatoms. The number of hydrogen-bond donors (Lipinski definition) is 1. The topological polar surface area (TPSA) is 38.1 Å². The molecule has 102 valence electrons. The number of rotatable bonds is 6. The second-order valence-electron chi connectivity index (χ2n) is 4.24. The zero-order valence-corrected chi connectivity index (χ0v) is 12.3. The molecule has 0 unspecified atom stereocenters. The summed E-state index contributed by atoms with van der Waals surface area (Å²) >= 11 is 3.38. The Bertz CT molecular complexity index is 542. The van der Waals surface area contributed by atoms with Crippen molar-refractivity contribution in [1.29, 1.82) is 0 Å². The Labute approximate surface area is 120 Å². The van der Waals surface area contributed by atoms with Crippen molar-refractivity contribution in [2.45, 2.75) is 19.8 Å². The molecule has 2 aromatic rings. The molecule has 0 saturated heterocycles. The molecule has 0 aliphatic rings. The molecule has 0 aliphatic carbocycles. The molecule has 19 heavy (non-hydrogen) atoms. The lowest BCUT2D eigenvalue weighted by Gasteiger charge is -2.01. The van der Waals surface area contributed by atoms with E-state index >= 15 is 0 Å². The predicted octanol–water partition coefficient (Wildman–Crippen LogP) is 3.79. The average Bonchev–Trinajstić information content (AvgIpc) is 2.86. The highest BCUT2D eigenvalue weighted by molar-refractivity contribution is 9.10. The van der Waals surface area contributed by atoms with Crippen molar-refractivity contribution < 1.29 is 8.81 Å².